The van der Waals surface area contributed by atoms with Crippen LogP contribution in [0.4, 0.5) is 11.5 Å². The van der Waals surface area contributed by atoms with Crippen LogP contribution in [-0.4, -0.2) is 72.6 Å². The van der Waals surface area contributed by atoms with Crippen molar-refractivity contribution >= 4 is 23.4 Å². The van der Waals surface area contributed by atoms with Crippen molar-refractivity contribution in [3.05, 3.63) is 53.6 Å². The van der Waals surface area contributed by atoms with Gasteiger partial charge >= 0.3 is 0 Å². The number of hydrogen-bond acceptors (Lipinski definition) is 8. The number of carbonyl (C=O) groups is 1. The Labute approximate surface area is 194 Å². The Morgan fingerprint density at radius 3 is 2.73 bits per heavy atom. The minimum Gasteiger partial charge on any atom is -0.368 e. The highest BCUT2D eigenvalue weighted by Gasteiger charge is 2.47. The van der Waals surface area contributed by atoms with E-state index < -0.39 is 5.66 Å². The van der Waals surface area contributed by atoms with Gasteiger partial charge in [0.25, 0.3) is 5.91 Å². The SMILES string of the molecule is CN(C)C(=O)C1=CC2=CNC(Nc3ccc(N4CCNCC4)cn3)=NC2(C)N1C1=CCCC1. The van der Waals surface area contributed by atoms with E-state index in [1.165, 1.54) is 0 Å². The summed E-state index contributed by atoms with van der Waals surface area (Å²) in [6, 6.07) is 4.07. The van der Waals surface area contributed by atoms with Gasteiger partial charge in [0.2, 0.25) is 5.96 Å². The molecule has 0 aromatic carbocycles. The molecule has 3 aliphatic heterocycles. The van der Waals surface area contributed by atoms with E-state index in [0.29, 0.717) is 11.7 Å². The summed E-state index contributed by atoms with van der Waals surface area (Å²) in [4.78, 5) is 28.7. The highest BCUT2D eigenvalue weighted by atomic mass is 16.2. The molecule has 1 saturated heterocycles. The van der Waals surface area contributed by atoms with Gasteiger partial charge in [-0.05, 0) is 44.4 Å². The third-order valence-electron chi connectivity index (χ3n) is 6.62. The highest BCUT2D eigenvalue weighted by Crippen LogP contribution is 2.44. The average molecular weight is 449 g/mol. The molecule has 1 amide bonds. The first kappa shape index (κ1) is 21.5. The van der Waals surface area contributed by atoms with Crippen molar-refractivity contribution < 1.29 is 4.79 Å². The quantitative estimate of drug-likeness (QED) is 0.648. The highest BCUT2D eigenvalue weighted by molar-refractivity contribution is 5.98. The first-order valence-electron chi connectivity index (χ1n) is 11.6. The van der Waals surface area contributed by atoms with E-state index in [0.717, 1.165) is 68.2 Å². The first-order chi connectivity index (χ1) is 16.0. The van der Waals surface area contributed by atoms with E-state index in [4.69, 9.17) is 4.99 Å². The fraction of sp³-hybridized carbons (Fsp3) is 0.458. The standard InChI is InChI=1S/C24H32N8O/c1-24-17(14-20(22(33)30(2)3)32(24)18-6-4-5-7-18)15-27-23(29-24)28-21-9-8-19(16-26-21)31-12-10-25-11-13-31/h6,8-9,14-16,25H,4-5,7,10-13H2,1-3H3,(H2,26,27,28,29). The van der Waals surface area contributed by atoms with E-state index in [1.807, 2.05) is 24.5 Å². The van der Waals surface area contributed by atoms with Gasteiger partial charge in [-0.1, -0.05) is 6.08 Å². The molecule has 5 rings (SSSR count). The van der Waals surface area contributed by atoms with Crippen LogP contribution in [0.3, 0.4) is 0 Å². The van der Waals surface area contributed by atoms with Crippen LogP contribution in [0, 0.1) is 0 Å². The number of carbonyl (C=O) groups excluding carboxylic acids is 1. The molecule has 33 heavy (non-hydrogen) atoms. The number of aliphatic imine (C=N–C) groups is 1. The van der Waals surface area contributed by atoms with Crippen LogP contribution in [-0.2, 0) is 4.79 Å². The lowest BCUT2D eigenvalue weighted by Crippen LogP contribution is -2.48. The molecular formula is C24H32N8O. The number of aromatic nitrogens is 1. The predicted octanol–water partition coefficient (Wildman–Crippen LogP) is 1.82. The summed E-state index contributed by atoms with van der Waals surface area (Å²) in [5, 5.41) is 9.93. The maximum atomic E-state index is 13.0. The van der Waals surface area contributed by atoms with Gasteiger partial charge in [-0.15, -0.1) is 0 Å². The molecule has 4 aliphatic rings. The minimum atomic E-state index is -0.689. The Morgan fingerprint density at radius 1 is 1.24 bits per heavy atom. The summed E-state index contributed by atoms with van der Waals surface area (Å²) < 4.78 is 0. The normalized spacial score (nSPS) is 24.3. The second-order valence-electron chi connectivity index (χ2n) is 9.14. The van der Waals surface area contributed by atoms with Crippen molar-refractivity contribution in [3.63, 3.8) is 0 Å². The average Bonchev–Trinajstić information content (AvgIpc) is 3.44. The molecule has 1 fully saturated rings. The van der Waals surface area contributed by atoms with Crippen molar-refractivity contribution in [2.45, 2.75) is 31.8 Å². The molecule has 9 nitrogen and oxygen atoms in total. The molecule has 174 valence electrons. The number of allylic oxidation sites excluding steroid dienone is 2. The van der Waals surface area contributed by atoms with E-state index in [1.54, 1.807) is 19.0 Å². The second kappa shape index (κ2) is 8.55. The monoisotopic (exact) mass is 448 g/mol. The topological polar surface area (TPSA) is 88.1 Å². The van der Waals surface area contributed by atoms with Gasteiger partial charge in [-0.25, -0.2) is 9.98 Å². The second-order valence-corrected chi connectivity index (χ2v) is 9.14. The van der Waals surface area contributed by atoms with Gasteiger partial charge in [0, 0.05) is 57.7 Å². The molecular weight excluding hydrogens is 416 g/mol. The predicted molar refractivity (Wildman–Crippen MR) is 131 cm³/mol. The molecule has 0 saturated carbocycles. The number of piperazine rings is 1. The number of fused-ring (bicyclic) bond motifs is 1. The molecule has 3 N–H and O–H groups in total. The van der Waals surface area contributed by atoms with Crippen LogP contribution in [0.1, 0.15) is 26.2 Å². The van der Waals surface area contributed by atoms with Crippen molar-refractivity contribution in [1.82, 2.24) is 25.4 Å². The number of amides is 1. The Bertz CT molecular complexity index is 1050. The summed E-state index contributed by atoms with van der Waals surface area (Å²) >= 11 is 0. The lowest BCUT2D eigenvalue weighted by atomic mass is 10.0. The zero-order valence-electron chi connectivity index (χ0n) is 19.6. The Balaban J connectivity index is 1.38. The molecule has 1 aromatic rings. The van der Waals surface area contributed by atoms with Crippen LogP contribution in [0.2, 0.25) is 0 Å². The maximum absolute atomic E-state index is 13.0. The largest absolute Gasteiger partial charge is 0.368 e. The molecule has 0 bridgehead atoms. The molecule has 1 atom stereocenters. The third kappa shape index (κ3) is 3.97. The Hall–Kier alpha value is -3.33. The molecule has 4 heterocycles. The third-order valence-corrected chi connectivity index (χ3v) is 6.62. The van der Waals surface area contributed by atoms with E-state index in [-0.39, 0.29) is 5.91 Å². The lowest BCUT2D eigenvalue weighted by molar-refractivity contribution is -0.126. The van der Waals surface area contributed by atoms with Gasteiger partial charge in [-0.3, -0.25) is 4.79 Å². The Morgan fingerprint density at radius 2 is 2.06 bits per heavy atom. The zero-order valence-corrected chi connectivity index (χ0v) is 19.6. The van der Waals surface area contributed by atoms with Crippen molar-refractivity contribution in [2.75, 3.05) is 50.5 Å². The number of hydrogen-bond donors (Lipinski definition) is 3. The zero-order chi connectivity index (χ0) is 23.0. The number of likely N-dealkylation sites (N-methyl/N-ethyl adjacent to an activating group) is 1. The van der Waals surface area contributed by atoms with Crippen LogP contribution >= 0.6 is 0 Å². The van der Waals surface area contributed by atoms with Crippen molar-refractivity contribution in [2.24, 2.45) is 4.99 Å². The van der Waals surface area contributed by atoms with E-state index >= 15 is 0 Å². The van der Waals surface area contributed by atoms with E-state index in [9.17, 15) is 4.79 Å². The maximum Gasteiger partial charge on any atom is 0.270 e. The molecule has 0 radical (unpaired) electrons. The van der Waals surface area contributed by atoms with Crippen molar-refractivity contribution in [1.29, 1.82) is 0 Å². The van der Waals surface area contributed by atoms with Crippen LogP contribution in [0.25, 0.3) is 0 Å². The summed E-state index contributed by atoms with van der Waals surface area (Å²) in [5.74, 6) is 1.32. The van der Waals surface area contributed by atoms with Crippen LogP contribution < -0.4 is 20.9 Å². The lowest BCUT2D eigenvalue weighted by Gasteiger charge is -2.39. The summed E-state index contributed by atoms with van der Waals surface area (Å²) in [7, 11) is 3.57. The summed E-state index contributed by atoms with van der Waals surface area (Å²) in [6.07, 6.45) is 11.1. The molecule has 0 spiro atoms. The van der Waals surface area contributed by atoms with Gasteiger partial charge in [-0.2, -0.15) is 0 Å². The van der Waals surface area contributed by atoms with Crippen LogP contribution in [0.5, 0.6) is 0 Å². The van der Waals surface area contributed by atoms with Crippen LogP contribution in [0.15, 0.2) is 58.6 Å². The van der Waals surface area contributed by atoms with Gasteiger partial charge in [0.05, 0.1) is 11.9 Å². The number of anilines is 2. The summed E-state index contributed by atoms with van der Waals surface area (Å²) in [5.41, 5.74) is 3.22. The number of nitrogens with one attached hydrogen (secondary N) is 3. The number of nitrogens with zero attached hydrogens (tertiary/aromatic N) is 5. The fourth-order valence-electron chi connectivity index (χ4n) is 4.83. The number of guanidine groups is 1. The van der Waals surface area contributed by atoms with Gasteiger partial charge in [0.1, 0.15) is 11.5 Å². The minimum absolute atomic E-state index is 0.0193. The fourth-order valence-corrected chi connectivity index (χ4v) is 4.83. The molecule has 1 aliphatic carbocycles. The smallest absolute Gasteiger partial charge is 0.270 e. The Kier molecular flexibility index (Phi) is 5.57. The van der Waals surface area contributed by atoms with Gasteiger partial charge in [0.15, 0.2) is 5.66 Å². The first-order valence-corrected chi connectivity index (χ1v) is 11.6. The van der Waals surface area contributed by atoms with E-state index in [2.05, 4.69) is 49.8 Å². The summed E-state index contributed by atoms with van der Waals surface area (Å²) in [6.45, 7) is 6.02. The molecule has 9 heteroatoms. The molecule has 1 unspecified atom stereocenters. The number of rotatable bonds is 4. The van der Waals surface area contributed by atoms with Crippen molar-refractivity contribution in [3.8, 4) is 0 Å². The van der Waals surface area contributed by atoms with Gasteiger partial charge < -0.3 is 30.7 Å². The number of pyridine rings is 1. The molecule has 1 aromatic heterocycles.